The SMILES string of the molecule is COC(=O)C(C)CN(CCC1=CCCCC1)C(=O)COc1ccccc1. The Balaban J connectivity index is 1.94. The first-order chi connectivity index (χ1) is 12.6. The van der Waals surface area contributed by atoms with Gasteiger partial charge in [-0.05, 0) is 44.2 Å². The molecule has 5 heteroatoms. The molecule has 0 N–H and O–H groups in total. The third-order valence-electron chi connectivity index (χ3n) is 4.64. The van der Waals surface area contributed by atoms with Gasteiger partial charge in [0.1, 0.15) is 5.75 Å². The number of hydrogen-bond acceptors (Lipinski definition) is 4. The summed E-state index contributed by atoms with van der Waals surface area (Å²) in [6.07, 6.45) is 7.83. The van der Waals surface area contributed by atoms with Gasteiger partial charge in [0.25, 0.3) is 5.91 Å². The minimum atomic E-state index is -0.360. The lowest BCUT2D eigenvalue weighted by molar-refractivity contribution is -0.146. The second-order valence-corrected chi connectivity index (χ2v) is 6.72. The van der Waals surface area contributed by atoms with Gasteiger partial charge in [0.05, 0.1) is 13.0 Å². The molecule has 0 bridgehead atoms. The Kier molecular flexibility index (Phi) is 8.19. The summed E-state index contributed by atoms with van der Waals surface area (Å²) >= 11 is 0. The van der Waals surface area contributed by atoms with Crippen molar-refractivity contribution in [2.75, 3.05) is 26.8 Å². The van der Waals surface area contributed by atoms with E-state index in [0.717, 1.165) is 19.3 Å². The number of hydrogen-bond donors (Lipinski definition) is 0. The van der Waals surface area contributed by atoms with E-state index < -0.39 is 0 Å². The van der Waals surface area contributed by atoms with E-state index in [4.69, 9.17) is 9.47 Å². The van der Waals surface area contributed by atoms with Crippen LogP contribution in [0.1, 0.15) is 39.0 Å². The predicted molar refractivity (Wildman–Crippen MR) is 101 cm³/mol. The number of carbonyl (C=O) groups is 2. The van der Waals surface area contributed by atoms with Crippen LogP contribution in [0.3, 0.4) is 0 Å². The molecule has 0 radical (unpaired) electrons. The number of esters is 1. The summed E-state index contributed by atoms with van der Waals surface area (Å²) in [5, 5.41) is 0. The average molecular weight is 359 g/mol. The molecule has 0 fully saturated rings. The van der Waals surface area contributed by atoms with Crippen molar-refractivity contribution >= 4 is 11.9 Å². The lowest BCUT2D eigenvalue weighted by Crippen LogP contribution is -2.40. The predicted octanol–water partition coefficient (Wildman–Crippen LogP) is 3.59. The molecule has 1 aliphatic rings. The number of ether oxygens (including phenoxy) is 2. The Bertz CT molecular complexity index is 612. The number of allylic oxidation sites excluding steroid dienone is 1. The van der Waals surface area contributed by atoms with Gasteiger partial charge in [0.2, 0.25) is 0 Å². The van der Waals surface area contributed by atoms with Crippen LogP contribution < -0.4 is 4.74 Å². The maximum atomic E-state index is 12.7. The lowest BCUT2D eigenvalue weighted by atomic mass is 9.97. The van der Waals surface area contributed by atoms with Gasteiger partial charge in [-0.1, -0.05) is 36.8 Å². The number of carbonyl (C=O) groups excluding carboxylic acids is 2. The van der Waals surface area contributed by atoms with Gasteiger partial charge in [-0.2, -0.15) is 0 Å². The second kappa shape index (κ2) is 10.6. The third-order valence-corrected chi connectivity index (χ3v) is 4.64. The molecule has 0 saturated carbocycles. The van der Waals surface area contributed by atoms with Gasteiger partial charge in [0.15, 0.2) is 6.61 Å². The van der Waals surface area contributed by atoms with Crippen molar-refractivity contribution < 1.29 is 19.1 Å². The highest BCUT2D eigenvalue weighted by molar-refractivity contribution is 5.79. The Morgan fingerprint density at radius 3 is 2.62 bits per heavy atom. The molecule has 2 rings (SSSR count). The summed E-state index contributed by atoms with van der Waals surface area (Å²) in [4.78, 5) is 26.1. The molecular formula is C21H29NO4. The topological polar surface area (TPSA) is 55.8 Å². The third kappa shape index (κ3) is 6.54. The monoisotopic (exact) mass is 359 g/mol. The van der Waals surface area contributed by atoms with E-state index in [1.165, 1.54) is 25.5 Å². The summed E-state index contributed by atoms with van der Waals surface area (Å²) in [5.41, 5.74) is 1.41. The van der Waals surface area contributed by atoms with Crippen LogP contribution in [0.4, 0.5) is 0 Å². The number of amides is 1. The fraction of sp³-hybridized carbons (Fsp3) is 0.524. The smallest absolute Gasteiger partial charge is 0.310 e. The molecule has 1 unspecified atom stereocenters. The van der Waals surface area contributed by atoms with E-state index in [0.29, 0.717) is 18.8 Å². The van der Waals surface area contributed by atoms with Crippen molar-refractivity contribution in [2.45, 2.75) is 39.0 Å². The Morgan fingerprint density at radius 2 is 1.96 bits per heavy atom. The first-order valence-corrected chi connectivity index (χ1v) is 9.31. The summed E-state index contributed by atoms with van der Waals surface area (Å²) in [6.45, 7) is 2.70. The molecule has 1 aromatic rings. The van der Waals surface area contributed by atoms with Crippen LogP contribution in [0.2, 0.25) is 0 Å². The van der Waals surface area contributed by atoms with E-state index >= 15 is 0 Å². The van der Waals surface area contributed by atoms with E-state index in [-0.39, 0.29) is 24.4 Å². The number of para-hydroxylation sites is 1. The molecular weight excluding hydrogens is 330 g/mol. The van der Waals surface area contributed by atoms with Gasteiger partial charge < -0.3 is 14.4 Å². The molecule has 5 nitrogen and oxygen atoms in total. The molecule has 1 atom stereocenters. The summed E-state index contributed by atoms with van der Waals surface area (Å²) in [5.74, 6) is -0.109. The van der Waals surface area contributed by atoms with Crippen molar-refractivity contribution in [1.29, 1.82) is 0 Å². The van der Waals surface area contributed by atoms with Crippen molar-refractivity contribution in [3.05, 3.63) is 42.0 Å². The Labute approximate surface area is 156 Å². The molecule has 0 aliphatic heterocycles. The second-order valence-electron chi connectivity index (χ2n) is 6.72. The molecule has 0 saturated heterocycles. The van der Waals surface area contributed by atoms with Crippen LogP contribution in [-0.4, -0.2) is 43.6 Å². The number of nitrogens with zero attached hydrogens (tertiary/aromatic N) is 1. The number of rotatable bonds is 9. The van der Waals surface area contributed by atoms with Gasteiger partial charge in [-0.3, -0.25) is 9.59 Å². The van der Waals surface area contributed by atoms with Crippen molar-refractivity contribution in [1.82, 2.24) is 4.90 Å². The zero-order valence-electron chi connectivity index (χ0n) is 15.8. The molecule has 1 aliphatic carbocycles. The van der Waals surface area contributed by atoms with Crippen LogP contribution in [0, 0.1) is 5.92 Å². The summed E-state index contributed by atoms with van der Waals surface area (Å²) in [7, 11) is 1.37. The molecule has 26 heavy (non-hydrogen) atoms. The molecule has 0 aromatic heterocycles. The normalized spacial score (nSPS) is 14.9. The highest BCUT2D eigenvalue weighted by Gasteiger charge is 2.22. The molecule has 1 amide bonds. The standard InChI is InChI=1S/C21H29NO4/c1-17(21(24)25-2)15-22(14-13-18-9-5-3-6-10-18)20(23)16-26-19-11-7-4-8-12-19/h4,7-9,11-12,17H,3,5-6,10,13-16H2,1-2H3. The molecule has 0 spiro atoms. The Hall–Kier alpha value is -2.30. The average Bonchev–Trinajstić information content (AvgIpc) is 2.70. The first-order valence-electron chi connectivity index (χ1n) is 9.31. The highest BCUT2D eigenvalue weighted by atomic mass is 16.5. The van der Waals surface area contributed by atoms with Gasteiger partial charge in [-0.25, -0.2) is 0 Å². The van der Waals surface area contributed by atoms with Crippen LogP contribution in [-0.2, 0) is 14.3 Å². The van der Waals surface area contributed by atoms with Crippen LogP contribution in [0.15, 0.2) is 42.0 Å². The minimum Gasteiger partial charge on any atom is -0.484 e. The lowest BCUT2D eigenvalue weighted by Gasteiger charge is -2.26. The van der Waals surface area contributed by atoms with Crippen LogP contribution in [0.25, 0.3) is 0 Å². The highest BCUT2D eigenvalue weighted by Crippen LogP contribution is 2.20. The van der Waals surface area contributed by atoms with E-state index in [9.17, 15) is 9.59 Å². The van der Waals surface area contributed by atoms with Crippen molar-refractivity contribution in [3.8, 4) is 5.75 Å². The first kappa shape index (κ1) is 20.0. The number of benzene rings is 1. The van der Waals surface area contributed by atoms with E-state index in [1.54, 1.807) is 11.8 Å². The maximum Gasteiger partial charge on any atom is 0.310 e. The fourth-order valence-corrected chi connectivity index (χ4v) is 3.09. The van der Waals surface area contributed by atoms with E-state index in [2.05, 4.69) is 6.08 Å². The number of methoxy groups -OCH3 is 1. The quantitative estimate of drug-likeness (QED) is 0.499. The fourth-order valence-electron chi connectivity index (χ4n) is 3.09. The molecule has 0 heterocycles. The van der Waals surface area contributed by atoms with Gasteiger partial charge >= 0.3 is 5.97 Å². The zero-order chi connectivity index (χ0) is 18.8. The van der Waals surface area contributed by atoms with Gasteiger partial charge in [-0.15, -0.1) is 0 Å². The van der Waals surface area contributed by atoms with Gasteiger partial charge in [0, 0.05) is 13.1 Å². The Morgan fingerprint density at radius 1 is 1.19 bits per heavy atom. The van der Waals surface area contributed by atoms with Crippen LogP contribution >= 0.6 is 0 Å². The summed E-state index contributed by atoms with van der Waals surface area (Å²) < 4.78 is 10.4. The minimum absolute atomic E-state index is 0.0308. The molecule has 142 valence electrons. The van der Waals surface area contributed by atoms with Crippen molar-refractivity contribution in [2.24, 2.45) is 5.92 Å². The van der Waals surface area contributed by atoms with Crippen molar-refractivity contribution in [3.63, 3.8) is 0 Å². The zero-order valence-corrected chi connectivity index (χ0v) is 15.8. The molecule has 1 aromatic carbocycles. The van der Waals surface area contributed by atoms with Crippen LogP contribution in [0.5, 0.6) is 5.75 Å². The van der Waals surface area contributed by atoms with E-state index in [1.807, 2.05) is 30.3 Å². The largest absolute Gasteiger partial charge is 0.484 e. The maximum absolute atomic E-state index is 12.7. The summed E-state index contributed by atoms with van der Waals surface area (Å²) in [6, 6.07) is 9.28.